The van der Waals surface area contributed by atoms with Crippen LogP contribution < -0.4 is 5.32 Å². The second kappa shape index (κ2) is 8.71. The number of rotatable bonds is 2. The maximum Gasteiger partial charge on any atom is 0.187 e. The van der Waals surface area contributed by atoms with E-state index < -0.39 is 0 Å². The molecule has 33 heavy (non-hydrogen) atoms. The molecule has 6 heteroatoms. The molecule has 1 fully saturated rings. The van der Waals surface area contributed by atoms with Crippen molar-refractivity contribution in [3.63, 3.8) is 0 Å². The van der Waals surface area contributed by atoms with Crippen molar-refractivity contribution in [2.75, 3.05) is 13.1 Å². The summed E-state index contributed by atoms with van der Waals surface area (Å²) in [5.74, 6) is -0.0328. The fourth-order valence-corrected chi connectivity index (χ4v) is 4.58. The molecule has 0 bridgehead atoms. The molecule has 0 unspecified atom stereocenters. The van der Waals surface area contributed by atoms with Gasteiger partial charge in [0, 0.05) is 46.1 Å². The van der Waals surface area contributed by atoms with Gasteiger partial charge in [-0.25, -0.2) is 9.97 Å². The van der Waals surface area contributed by atoms with Crippen molar-refractivity contribution < 1.29 is 4.79 Å². The van der Waals surface area contributed by atoms with Gasteiger partial charge < -0.3 is 5.32 Å². The van der Waals surface area contributed by atoms with Crippen molar-refractivity contribution in [1.29, 1.82) is 0 Å². The highest BCUT2D eigenvalue weighted by atomic mass is 35.5. The molecule has 1 aliphatic heterocycles. The van der Waals surface area contributed by atoms with E-state index in [0.717, 1.165) is 44.1 Å². The van der Waals surface area contributed by atoms with Crippen LogP contribution in [0.3, 0.4) is 0 Å². The van der Waals surface area contributed by atoms with Gasteiger partial charge >= 0.3 is 0 Å². The Balaban J connectivity index is 1.53. The first-order chi connectivity index (χ1) is 15.9. The Morgan fingerprint density at radius 2 is 1.24 bits per heavy atom. The lowest BCUT2D eigenvalue weighted by molar-refractivity contribution is -0.112. The number of carbonyl (C=O) groups is 1. The molecule has 0 aliphatic carbocycles. The van der Waals surface area contributed by atoms with Crippen LogP contribution in [0.2, 0.25) is 10.3 Å². The fraction of sp³-hybridized carbons (Fsp3) is 0.148. The predicted octanol–water partition coefficient (Wildman–Crippen LogP) is 6.35. The Morgan fingerprint density at radius 1 is 0.788 bits per heavy atom. The SMILES string of the molecule is Cc1cccc2cc(/C=C3\CNC/C(=C\c4cc5cccc(C)c5nc4Cl)C3=O)c(Cl)nc12. The lowest BCUT2D eigenvalue weighted by Crippen LogP contribution is -2.32. The molecule has 1 N–H and O–H groups in total. The van der Waals surface area contributed by atoms with Crippen LogP contribution >= 0.6 is 23.2 Å². The van der Waals surface area contributed by atoms with E-state index in [1.165, 1.54) is 0 Å². The van der Waals surface area contributed by atoms with Gasteiger partial charge in [0.2, 0.25) is 0 Å². The number of aromatic nitrogens is 2. The molecule has 3 heterocycles. The second-order valence-corrected chi connectivity index (χ2v) is 9.02. The largest absolute Gasteiger partial charge is 0.308 e. The Kier molecular flexibility index (Phi) is 5.75. The summed E-state index contributed by atoms with van der Waals surface area (Å²) in [6.45, 7) is 4.93. The van der Waals surface area contributed by atoms with Crippen molar-refractivity contribution >= 4 is 62.9 Å². The summed E-state index contributed by atoms with van der Waals surface area (Å²) >= 11 is 12.9. The molecule has 164 valence electrons. The van der Waals surface area contributed by atoms with E-state index in [0.29, 0.717) is 34.5 Å². The van der Waals surface area contributed by atoms with Crippen molar-refractivity contribution in [2.45, 2.75) is 13.8 Å². The topological polar surface area (TPSA) is 54.9 Å². The monoisotopic (exact) mass is 473 g/mol. The number of hydrogen-bond acceptors (Lipinski definition) is 4. The van der Waals surface area contributed by atoms with Crippen LogP contribution in [0.5, 0.6) is 0 Å². The van der Waals surface area contributed by atoms with E-state index in [1.54, 1.807) is 0 Å². The molecular formula is C27H21Cl2N3O. The first kappa shape index (κ1) is 21.8. The number of ketones is 1. The highest BCUT2D eigenvalue weighted by molar-refractivity contribution is 6.32. The lowest BCUT2D eigenvalue weighted by atomic mass is 9.95. The molecule has 0 radical (unpaired) electrons. The van der Waals surface area contributed by atoms with Crippen LogP contribution in [0.15, 0.2) is 59.7 Å². The summed E-state index contributed by atoms with van der Waals surface area (Å²) in [5.41, 5.74) is 6.56. The molecular weight excluding hydrogens is 453 g/mol. The van der Waals surface area contributed by atoms with E-state index >= 15 is 0 Å². The molecule has 5 rings (SSSR count). The van der Waals surface area contributed by atoms with Crippen LogP contribution in [0.4, 0.5) is 0 Å². The van der Waals surface area contributed by atoms with Gasteiger partial charge in [-0.2, -0.15) is 0 Å². The van der Waals surface area contributed by atoms with E-state index in [1.807, 2.05) is 74.5 Å². The molecule has 0 atom stereocenters. The number of Topliss-reactive ketones (excluding diaryl/α,β-unsaturated/α-hetero) is 1. The zero-order valence-corrected chi connectivity index (χ0v) is 19.8. The van der Waals surface area contributed by atoms with Gasteiger partial charge in [-0.3, -0.25) is 4.79 Å². The first-order valence-corrected chi connectivity index (χ1v) is 11.4. The van der Waals surface area contributed by atoms with Gasteiger partial charge in [-0.15, -0.1) is 0 Å². The fourth-order valence-electron chi connectivity index (χ4n) is 4.19. The third-order valence-corrected chi connectivity index (χ3v) is 6.54. The number of piperidine rings is 1. The van der Waals surface area contributed by atoms with Crippen LogP contribution in [0.1, 0.15) is 22.3 Å². The van der Waals surface area contributed by atoms with Gasteiger partial charge in [0.15, 0.2) is 5.78 Å². The Labute approximate surface area is 202 Å². The average molecular weight is 474 g/mol. The van der Waals surface area contributed by atoms with Gasteiger partial charge in [0.1, 0.15) is 10.3 Å². The molecule has 4 aromatic rings. The van der Waals surface area contributed by atoms with Crippen LogP contribution in [0, 0.1) is 13.8 Å². The van der Waals surface area contributed by atoms with Gasteiger partial charge in [-0.1, -0.05) is 59.6 Å². The summed E-state index contributed by atoms with van der Waals surface area (Å²) in [4.78, 5) is 22.4. The number of hydrogen-bond donors (Lipinski definition) is 1. The maximum atomic E-state index is 13.3. The summed E-state index contributed by atoms with van der Waals surface area (Å²) in [6.07, 6.45) is 3.64. The average Bonchev–Trinajstić information content (AvgIpc) is 2.79. The second-order valence-electron chi connectivity index (χ2n) is 8.30. The number of benzene rings is 2. The normalized spacial score (nSPS) is 16.9. The summed E-state index contributed by atoms with van der Waals surface area (Å²) in [6, 6.07) is 15.9. The number of aryl methyl sites for hydroxylation is 2. The number of pyridine rings is 2. The first-order valence-electron chi connectivity index (χ1n) is 10.7. The molecule has 0 saturated carbocycles. The minimum absolute atomic E-state index is 0.0328. The Bertz CT molecular complexity index is 1390. The molecule has 2 aromatic heterocycles. The van der Waals surface area contributed by atoms with Gasteiger partial charge in [-0.05, 0) is 49.3 Å². The standard InChI is InChI=1S/C27H21Cl2N3O/c1-15-5-3-7-17-9-19(26(28)31-23(15)17)11-21-13-30-14-22(25(21)33)12-20-10-18-8-4-6-16(2)24(18)32-27(20)29/h3-12,30H,13-14H2,1-2H3/b21-11+,22-12+. The third kappa shape index (κ3) is 4.18. The predicted molar refractivity (Wildman–Crippen MR) is 137 cm³/mol. The number of para-hydroxylation sites is 2. The Morgan fingerprint density at radius 3 is 1.70 bits per heavy atom. The number of fused-ring (bicyclic) bond motifs is 2. The molecule has 0 spiro atoms. The Hall–Kier alpha value is -3.05. The van der Waals surface area contributed by atoms with Crippen LogP contribution in [-0.2, 0) is 4.79 Å². The minimum atomic E-state index is -0.0328. The van der Waals surface area contributed by atoms with Crippen molar-refractivity contribution in [2.24, 2.45) is 0 Å². The number of carbonyl (C=O) groups excluding carboxylic acids is 1. The highest BCUT2D eigenvalue weighted by Crippen LogP contribution is 2.28. The summed E-state index contributed by atoms with van der Waals surface area (Å²) < 4.78 is 0. The van der Waals surface area contributed by atoms with E-state index in [4.69, 9.17) is 23.2 Å². The van der Waals surface area contributed by atoms with Crippen molar-refractivity contribution in [1.82, 2.24) is 15.3 Å². The van der Waals surface area contributed by atoms with Crippen molar-refractivity contribution in [3.05, 3.63) is 92.2 Å². The van der Waals surface area contributed by atoms with Gasteiger partial charge in [0.05, 0.1) is 11.0 Å². The van der Waals surface area contributed by atoms with Crippen LogP contribution in [-0.4, -0.2) is 28.8 Å². The lowest BCUT2D eigenvalue weighted by Gasteiger charge is -2.18. The number of nitrogens with zero attached hydrogens (tertiary/aromatic N) is 2. The molecule has 1 aliphatic rings. The number of nitrogens with one attached hydrogen (secondary N) is 1. The molecule has 2 aromatic carbocycles. The van der Waals surface area contributed by atoms with E-state index in [9.17, 15) is 4.79 Å². The van der Waals surface area contributed by atoms with Crippen molar-refractivity contribution in [3.8, 4) is 0 Å². The summed E-state index contributed by atoms with van der Waals surface area (Å²) in [5, 5.41) is 6.04. The quantitative estimate of drug-likeness (QED) is 0.272. The van der Waals surface area contributed by atoms with E-state index in [2.05, 4.69) is 15.3 Å². The minimum Gasteiger partial charge on any atom is -0.308 e. The third-order valence-electron chi connectivity index (χ3n) is 5.93. The maximum absolute atomic E-state index is 13.3. The zero-order chi connectivity index (χ0) is 23.1. The molecule has 4 nitrogen and oxygen atoms in total. The smallest absolute Gasteiger partial charge is 0.187 e. The molecule has 1 saturated heterocycles. The highest BCUT2D eigenvalue weighted by Gasteiger charge is 2.21. The molecule has 0 amide bonds. The number of halogens is 2. The van der Waals surface area contributed by atoms with Crippen LogP contribution in [0.25, 0.3) is 34.0 Å². The zero-order valence-electron chi connectivity index (χ0n) is 18.2. The summed E-state index contributed by atoms with van der Waals surface area (Å²) in [7, 11) is 0. The van der Waals surface area contributed by atoms with Gasteiger partial charge in [0.25, 0.3) is 0 Å². The van der Waals surface area contributed by atoms with E-state index in [-0.39, 0.29) is 5.78 Å².